The van der Waals surface area contributed by atoms with Gasteiger partial charge in [0.05, 0.1) is 0 Å². The maximum atomic E-state index is 11.4. The van der Waals surface area contributed by atoms with Crippen LogP contribution in [0.2, 0.25) is 0 Å². The Hall–Kier alpha value is -0.908. The Morgan fingerprint density at radius 3 is 2.73 bits per heavy atom. The van der Waals surface area contributed by atoms with Gasteiger partial charge in [-0.15, -0.1) is 0 Å². The van der Waals surface area contributed by atoms with Crippen molar-refractivity contribution in [3.63, 3.8) is 0 Å². The van der Waals surface area contributed by atoms with Crippen LogP contribution in [0.25, 0.3) is 10.8 Å². The first-order valence-corrected chi connectivity index (χ1v) is 6.46. The van der Waals surface area contributed by atoms with E-state index >= 15 is 0 Å². The zero-order valence-electron chi connectivity index (χ0n) is 8.36. The average Bonchev–Trinajstić information content (AvgIpc) is 2.28. The molecule has 0 amide bonds. The van der Waals surface area contributed by atoms with E-state index in [9.17, 15) is 4.79 Å². The number of carbonyl (C=O) groups is 1. The van der Waals surface area contributed by atoms with Crippen LogP contribution in [-0.2, 0) is 2.69 Å². The monoisotopic (exact) mass is 390 g/mol. The van der Waals surface area contributed by atoms with E-state index in [4.69, 9.17) is 2.69 Å². The molecule has 2 rings (SSSR count). The minimum absolute atomic E-state index is 0.214. The number of benzene rings is 2. The van der Waals surface area contributed by atoms with Crippen molar-refractivity contribution in [3.8, 4) is 0 Å². The summed E-state index contributed by atoms with van der Waals surface area (Å²) >= 11 is 0.245. The van der Waals surface area contributed by atoms with Crippen molar-refractivity contribution in [3.05, 3.63) is 47.5 Å². The molecule has 0 aliphatic rings. The fourth-order valence-electron chi connectivity index (χ4n) is 1.69. The summed E-state index contributed by atoms with van der Waals surface area (Å²) < 4.78 is 4.87. The molecule has 0 aliphatic carbocycles. The van der Waals surface area contributed by atoms with Crippen LogP contribution < -0.4 is 0 Å². The van der Waals surface area contributed by atoms with Crippen LogP contribution in [0.15, 0.2) is 36.4 Å². The van der Waals surface area contributed by atoms with Gasteiger partial charge >= 0.3 is 105 Å². The summed E-state index contributed by atoms with van der Waals surface area (Å²) in [7, 11) is 0. The van der Waals surface area contributed by atoms with Gasteiger partial charge in [0, 0.05) is 0 Å². The SMILES string of the molecule is Cc1cc(C(=O)[O][Tl])cc2ccccc12. The second-order valence-electron chi connectivity index (χ2n) is 3.42. The predicted octanol–water partition coefficient (Wildman–Crippen LogP) is 2.39. The van der Waals surface area contributed by atoms with Gasteiger partial charge in [-0.2, -0.15) is 0 Å². The van der Waals surface area contributed by atoms with Crippen molar-refractivity contribution in [2.45, 2.75) is 6.92 Å². The fourth-order valence-corrected chi connectivity index (χ4v) is 2.22. The molecule has 0 aliphatic heterocycles. The fraction of sp³-hybridized carbons (Fsp3) is 0.0833. The van der Waals surface area contributed by atoms with Gasteiger partial charge in [-0.25, -0.2) is 0 Å². The number of fused-ring (bicyclic) bond motifs is 1. The molecular formula is C12H9O2Tl. The Labute approximate surface area is 105 Å². The Morgan fingerprint density at radius 2 is 2.00 bits per heavy atom. The van der Waals surface area contributed by atoms with Crippen LogP contribution in [-0.4, -0.2) is 32.2 Å². The third-order valence-electron chi connectivity index (χ3n) is 2.41. The first-order valence-electron chi connectivity index (χ1n) is 4.63. The molecule has 2 aromatic carbocycles. The van der Waals surface area contributed by atoms with E-state index in [0.29, 0.717) is 5.56 Å². The van der Waals surface area contributed by atoms with E-state index in [0.717, 1.165) is 10.9 Å². The van der Waals surface area contributed by atoms with Crippen molar-refractivity contribution in [1.29, 1.82) is 0 Å². The van der Waals surface area contributed by atoms with E-state index in [-0.39, 0.29) is 32.2 Å². The molecule has 0 spiro atoms. The molecule has 15 heavy (non-hydrogen) atoms. The van der Waals surface area contributed by atoms with Crippen molar-refractivity contribution in [2.24, 2.45) is 0 Å². The van der Waals surface area contributed by atoms with Gasteiger partial charge in [-0.05, 0) is 0 Å². The van der Waals surface area contributed by atoms with E-state index in [2.05, 4.69) is 6.07 Å². The van der Waals surface area contributed by atoms with E-state index < -0.39 is 0 Å². The molecule has 0 heterocycles. The van der Waals surface area contributed by atoms with Crippen molar-refractivity contribution >= 4 is 43.0 Å². The Balaban J connectivity index is 2.67. The molecule has 0 unspecified atom stereocenters. The Kier molecular flexibility index (Phi) is 3.04. The van der Waals surface area contributed by atoms with Crippen LogP contribution in [0.1, 0.15) is 15.9 Å². The molecule has 0 bridgehead atoms. The Morgan fingerprint density at radius 1 is 1.27 bits per heavy atom. The first-order chi connectivity index (χ1) is 7.22. The normalized spacial score (nSPS) is 10.1. The molecule has 0 saturated heterocycles. The summed E-state index contributed by atoms with van der Waals surface area (Å²) in [4.78, 5) is 11.4. The van der Waals surface area contributed by atoms with Gasteiger partial charge in [0.15, 0.2) is 0 Å². The van der Waals surface area contributed by atoms with Crippen molar-refractivity contribution < 1.29 is 7.48 Å². The molecular weight excluding hydrogens is 381 g/mol. The third kappa shape index (κ3) is 2.04. The van der Waals surface area contributed by atoms with Crippen molar-refractivity contribution in [1.82, 2.24) is 0 Å². The van der Waals surface area contributed by atoms with Gasteiger partial charge in [0.1, 0.15) is 0 Å². The quantitative estimate of drug-likeness (QED) is 0.700. The van der Waals surface area contributed by atoms with Gasteiger partial charge in [0.2, 0.25) is 0 Å². The topological polar surface area (TPSA) is 26.3 Å². The average molecular weight is 390 g/mol. The molecule has 0 fully saturated rings. The number of hydrogen-bond acceptors (Lipinski definition) is 2. The predicted molar refractivity (Wildman–Crippen MR) is 59.9 cm³/mol. The second-order valence-corrected chi connectivity index (χ2v) is 4.34. The minimum atomic E-state index is -0.214. The summed E-state index contributed by atoms with van der Waals surface area (Å²) in [6.45, 7) is 2.01. The zero-order valence-corrected chi connectivity index (χ0v) is 12.8. The molecule has 2 aromatic rings. The van der Waals surface area contributed by atoms with Gasteiger partial charge in [0.25, 0.3) is 0 Å². The van der Waals surface area contributed by atoms with Gasteiger partial charge in [-0.1, -0.05) is 0 Å². The molecule has 0 radical (unpaired) electrons. The van der Waals surface area contributed by atoms with Crippen LogP contribution in [0.5, 0.6) is 0 Å². The molecule has 0 atom stereocenters. The molecule has 3 heteroatoms. The number of rotatable bonds is 1. The van der Waals surface area contributed by atoms with Crippen LogP contribution in [0.4, 0.5) is 0 Å². The van der Waals surface area contributed by atoms with E-state index in [1.807, 2.05) is 37.3 Å². The molecule has 0 aromatic heterocycles. The summed E-state index contributed by atoms with van der Waals surface area (Å²) in [6, 6.07) is 11.8. The van der Waals surface area contributed by atoms with Gasteiger partial charge < -0.3 is 0 Å². The van der Waals surface area contributed by atoms with Crippen LogP contribution >= 0.6 is 0 Å². The summed E-state index contributed by atoms with van der Waals surface area (Å²) in [5.41, 5.74) is 1.76. The number of carbonyl (C=O) groups excluding carboxylic acids is 1. The van der Waals surface area contributed by atoms with E-state index in [1.54, 1.807) is 0 Å². The molecule has 72 valence electrons. The van der Waals surface area contributed by atoms with Crippen molar-refractivity contribution in [2.75, 3.05) is 0 Å². The number of hydrogen-bond donors (Lipinski definition) is 0. The standard InChI is InChI=1S/C12H10O2.Tl/c1-8-6-10(12(13)14)7-9-4-2-3-5-11(8)9;/h2-7H,1H3,(H,13,14);/q;+1/p-1. The van der Waals surface area contributed by atoms with E-state index in [1.165, 1.54) is 5.39 Å². The number of aryl methyl sites for hydroxylation is 1. The van der Waals surface area contributed by atoms with Crippen LogP contribution in [0, 0.1) is 6.92 Å². The third-order valence-corrected chi connectivity index (χ3v) is 3.24. The summed E-state index contributed by atoms with van der Waals surface area (Å²) in [5.74, 6) is -0.214. The molecule has 0 saturated carbocycles. The van der Waals surface area contributed by atoms with Gasteiger partial charge in [-0.3, -0.25) is 0 Å². The van der Waals surface area contributed by atoms with Crippen LogP contribution in [0.3, 0.4) is 0 Å². The second kappa shape index (κ2) is 4.30. The molecule has 2 nitrogen and oxygen atoms in total. The molecule has 0 N–H and O–H groups in total. The summed E-state index contributed by atoms with van der Waals surface area (Å²) in [5, 5.41) is 2.27. The summed E-state index contributed by atoms with van der Waals surface area (Å²) in [6.07, 6.45) is 0. The Bertz CT molecular complexity index is 520. The zero-order chi connectivity index (χ0) is 10.8. The first kappa shape index (κ1) is 10.6. The maximum absolute atomic E-state index is 11.4.